The summed E-state index contributed by atoms with van der Waals surface area (Å²) in [5.41, 5.74) is 1.25. The second-order valence-corrected chi connectivity index (χ2v) is 4.35. The lowest BCUT2D eigenvalue weighted by atomic mass is 10.1. The van der Waals surface area contributed by atoms with Crippen LogP contribution in [-0.2, 0) is 17.8 Å². The van der Waals surface area contributed by atoms with Gasteiger partial charge in [-0.2, -0.15) is 4.98 Å². The van der Waals surface area contributed by atoms with E-state index in [9.17, 15) is 4.79 Å². The van der Waals surface area contributed by atoms with Gasteiger partial charge in [0.25, 0.3) is 0 Å². The lowest BCUT2D eigenvalue weighted by molar-refractivity contribution is -0.121. The SMILES string of the molecule is Cc1noc(CNC(=O)CCCc2ccccc2)n1. The van der Waals surface area contributed by atoms with Crippen LogP contribution in [0.2, 0.25) is 0 Å². The van der Waals surface area contributed by atoms with E-state index in [1.807, 2.05) is 18.2 Å². The molecule has 1 aromatic heterocycles. The summed E-state index contributed by atoms with van der Waals surface area (Å²) in [5.74, 6) is 1.02. The molecule has 2 rings (SSSR count). The second kappa shape index (κ2) is 6.68. The van der Waals surface area contributed by atoms with Crippen LogP contribution in [-0.4, -0.2) is 16.0 Å². The zero-order chi connectivity index (χ0) is 13.5. The van der Waals surface area contributed by atoms with E-state index in [1.54, 1.807) is 6.92 Å². The van der Waals surface area contributed by atoms with Gasteiger partial charge in [0.15, 0.2) is 5.82 Å². The first kappa shape index (κ1) is 13.3. The molecule has 0 spiro atoms. The Morgan fingerprint density at radius 2 is 2.11 bits per heavy atom. The van der Waals surface area contributed by atoms with Gasteiger partial charge in [-0.15, -0.1) is 0 Å². The van der Waals surface area contributed by atoms with E-state index in [0.717, 1.165) is 12.8 Å². The highest BCUT2D eigenvalue weighted by Gasteiger charge is 2.05. The summed E-state index contributed by atoms with van der Waals surface area (Å²) in [6, 6.07) is 10.1. The number of carbonyl (C=O) groups excluding carboxylic acids is 1. The number of rotatable bonds is 6. The van der Waals surface area contributed by atoms with Crippen LogP contribution < -0.4 is 5.32 Å². The van der Waals surface area contributed by atoms with E-state index in [1.165, 1.54) is 5.56 Å². The van der Waals surface area contributed by atoms with E-state index in [-0.39, 0.29) is 5.91 Å². The number of hydrogen-bond acceptors (Lipinski definition) is 4. The molecule has 19 heavy (non-hydrogen) atoms. The summed E-state index contributed by atoms with van der Waals surface area (Å²) in [7, 11) is 0. The van der Waals surface area contributed by atoms with Crippen molar-refractivity contribution in [1.29, 1.82) is 0 Å². The average Bonchev–Trinajstić information content (AvgIpc) is 2.83. The molecule has 5 nitrogen and oxygen atoms in total. The van der Waals surface area contributed by atoms with E-state index in [2.05, 4.69) is 27.6 Å². The van der Waals surface area contributed by atoms with E-state index in [0.29, 0.717) is 24.7 Å². The molecule has 0 aliphatic heterocycles. The minimum absolute atomic E-state index is 0.00628. The van der Waals surface area contributed by atoms with Crippen molar-refractivity contribution in [2.75, 3.05) is 0 Å². The van der Waals surface area contributed by atoms with Crippen LogP contribution in [0.3, 0.4) is 0 Å². The maximum atomic E-state index is 11.6. The smallest absolute Gasteiger partial charge is 0.246 e. The summed E-state index contributed by atoms with van der Waals surface area (Å²) >= 11 is 0. The van der Waals surface area contributed by atoms with Crippen LogP contribution in [0.25, 0.3) is 0 Å². The number of nitrogens with zero attached hydrogens (tertiary/aromatic N) is 2. The van der Waals surface area contributed by atoms with E-state index < -0.39 is 0 Å². The Balaban J connectivity index is 1.65. The lowest BCUT2D eigenvalue weighted by Crippen LogP contribution is -2.22. The molecule has 1 heterocycles. The summed E-state index contributed by atoms with van der Waals surface area (Å²) < 4.78 is 4.91. The van der Waals surface area contributed by atoms with Crippen molar-refractivity contribution >= 4 is 5.91 Å². The van der Waals surface area contributed by atoms with Crippen LogP contribution in [0.5, 0.6) is 0 Å². The molecule has 1 N–H and O–H groups in total. The number of amides is 1. The fourth-order valence-electron chi connectivity index (χ4n) is 1.77. The Kier molecular flexibility index (Phi) is 4.66. The molecule has 0 fully saturated rings. The first-order chi connectivity index (χ1) is 9.24. The summed E-state index contributed by atoms with van der Waals surface area (Å²) in [6.07, 6.45) is 2.24. The van der Waals surface area contributed by atoms with Gasteiger partial charge < -0.3 is 9.84 Å². The topological polar surface area (TPSA) is 68.0 Å². The normalized spacial score (nSPS) is 10.4. The van der Waals surface area contributed by atoms with Gasteiger partial charge in [-0.3, -0.25) is 4.79 Å². The first-order valence-corrected chi connectivity index (χ1v) is 6.34. The van der Waals surface area contributed by atoms with Crippen molar-refractivity contribution in [3.8, 4) is 0 Å². The lowest BCUT2D eigenvalue weighted by Gasteiger charge is -2.02. The van der Waals surface area contributed by atoms with Crippen molar-refractivity contribution in [1.82, 2.24) is 15.5 Å². The maximum absolute atomic E-state index is 11.6. The van der Waals surface area contributed by atoms with Gasteiger partial charge in [0.2, 0.25) is 11.8 Å². The third-order valence-corrected chi connectivity index (χ3v) is 2.72. The molecule has 5 heteroatoms. The third-order valence-electron chi connectivity index (χ3n) is 2.72. The average molecular weight is 259 g/mol. The van der Waals surface area contributed by atoms with Gasteiger partial charge in [0.05, 0.1) is 6.54 Å². The quantitative estimate of drug-likeness (QED) is 0.861. The van der Waals surface area contributed by atoms with Gasteiger partial charge in [0, 0.05) is 6.42 Å². The van der Waals surface area contributed by atoms with Crippen LogP contribution in [0.4, 0.5) is 0 Å². The molecule has 0 bridgehead atoms. The molecule has 0 unspecified atom stereocenters. The Hall–Kier alpha value is -2.17. The van der Waals surface area contributed by atoms with E-state index >= 15 is 0 Å². The summed E-state index contributed by atoms with van der Waals surface area (Å²) in [5, 5.41) is 6.42. The first-order valence-electron chi connectivity index (χ1n) is 6.34. The zero-order valence-electron chi connectivity index (χ0n) is 10.9. The molecular weight excluding hydrogens is 242 g/mol. The predicted molar refractivity (Wildman–Crippen MR) is 70.3 cm³/mol. The summed E-state index contributed by atoms with van der Waals surface area (Å²) in [6.45, 7) is 2.04. The number of nitrogens with one attached hydrogen (secondary N) is 1. The third kappa shape index (κ3) is 4.54. The molecule has 0 aliphatic carbocycles. The minimum atomic E-state index is 0.00628. The van der Waals surface area contributed by atoms with Crippen molar-refractivity contribution < 1.29 is 9.32 Å². The summed E-state index contributed by atoms with van der Waals surface area (Å²) in [4.78, 5) is 15.6. The minimum Gasteiger partial charge on any atom is -0.347 e. The van der Waals surface area contributed by atoms with Gasteiger partial charge >= 0.3 is 0 Å². The van der Waals surface area contributed by atoms with Crippen LogP contribution in [0.1, 0.15) is 30.1 Å². The van der Waals surface area contributed by atoms with Crippen LogP contribution >= 0.6 is 0 Å². The molecule has 2 aromatic rings. The van der Waals surface area contributed by atoms with Crippen molar-refractivity contribution in [3.63, 3.8) is 0 Å². The molecule has 0 aliphatic rings. The molecule has 0 atom stereocenters. The molecular formula is C14H17N3O2. The molecule has 1 aromatic carbocycles. The number of aromatic nitrogens is 2. The van der Waals surface area contributed by atoms with Gasteiger partial charge in [0.1, 0.15) is 0 Å². The molecule has 0 saturated heterocycles. The largest absolute Gasteiger partial charge is 0.347 e. The number of hydrogen-bond donors (Lipinski definition) is 1. The highest BCUT2D eigenvalue weighted by molar-refractivity contribution is 5.75. The van der Waals surface area contributed by atoms with Crippen molar-refractivity contribution in [2.24, 2.45) is 0 Å². The zero-order valence-corrected chi connectivity index (χ0v) is 10.9. The number of benzene rings is 1. The highest BCUT2D eigenvalue weighted by Crippen LogP contribution is 2.04. The second-order valence-electron chi connectivity index (χ2n) is 4.35. The molecule has 1 amide bonds. The Bertz CT molecular complexity index is 522. The standard InChI is InChI=1S/C14H17N3O2/c1-11-16-14(19-17-11)10-15-13(18)9-5-8-12-6-3-2-4-7-12/h2-4,6-7H,5,8-10H2,1H3,(H,15,18). The highest BCUT2D eigenvalue weighted by atomic mass is 16.5. The van der Waals surface area contributed by atoms with Crippen molar-refractivity contribution in [2.45, 2.75) is 32.7 Å². The number of carbonyl (C=O) groups is 1. The molecule has 100 valence electrons. The van der Waals surface area contributed by atoms with Crippen molar-refractivity contribution in [3.05, 3.63) is 47.6 Å². The maximum Gasteiger partial charge on any atom is 0.246 e. The van der Waals surface area contributed by atoms with Crippen LogP contribution in [0, 0.1) is 6.92 Å². The van der Waals surface area contributed by atoms with Crippen LogP contribution in [0.15, 0.2) is 34.9 Å². The number of aryl methyl sites for hydroxylation is 2. The molecule has 0 radical (unpaired) electrons. The van der Waals surface area contributed by atoms with Gasteiger partial charge in [-0.1, -0.05) is 35.5 Å². The Morgan fingerprint density at radius 1 is 1.32 bits per heavy atom. The fourth-order valence-corrected chi connectivity index (χ4v) is 1.77. The Labute approximate surface area is 112 Å². The monoisotopic (exact) mass is 259 g/mol. The van der Waals surface area contributed by atoms with E-state index in [4.69, 9.17) is 4.52 Å². The fraction of sp³-hybridized carbons (Fsp3) is 0.357. The van der Waals surface area contributed by atoms with Gasteiger partial charge in [-0.25, -0.2) is 0 Å². The predicted octanol–water partition coefficient (Wildman–Crippen LogP) is 2.02. The Morgan fingerprint density at radius 3 is 2.79 bits per heavy atom. The van der Waals surface area contributed by atoms with Gasteiger partial charge in [-0.05, 0) is 25.3 Å². The molecule has 0 saturated carbocycles.